The van der Waals surface area contributed by atoms with Crippen molar-refractivity contribution >= 4 is 23.8 Å². The average molecular weight is 551 g/mol. The lowest BCUT2D eigenvalue weighted by atomic mass is 9.86. The fraction of sp³-hybridized carbons (Fsp3) is 0.867. The number of aliphatic hydroxyl groups is 1. The molecule has 0 spiro atoms. The first-order valence-corrected chi connectivity index (χ1v) is 15.4. The molecule has 0 aromatic heterocycles. The van der Waals surface area contributed by atoms with E-state index in [1.807, 2.05) is 4.90 Å². The van der Waals surface area contributed by atoms with Crippen LogP contribution in [0.5, 0.6) is 0 Å². The number of carbonyl (C=O) groups excluding carboxylic acids is 4. The summed E-state index contributed by atoms with van der Waals surface area (Å²) >= 11 is 0. The van der Waals surface area contributed by atoms with Crippen molar-refractivity contribution < 1.29 is 33.8 Å². The van der Waals surface area contributed by atoms with Gasteiger partial charge in [-0.2, -0.15) is 0 Å². The average Bonchev–Trinajstić information content (AvgIpc) is 2.94. The van der Waals surface area contributed by atoms with Crippen molar-refractivity contribution in [3.05, 3.63) is 0 Å². The first kappa shape index (κ1) is 31.4. The molecule has 39 heavy (non-hydrogen) atoms. The van der Waals surface area contributed by atoms with Gasteiger partial charge in [0.1, 0.15) is 5.92 Å². The van der Waals surface area contributed by atoms with E-state index in [1.54, 1.807) is 18.7 Å². The van der Waals surface area contributed by atoms with Gasteiger partial charge in [-0.15, -0.1) is 0 Å². The van der Waals surface area contributed by atoms with E-state index in [1.165, 1.54) is 51.4 Å². The van der Waals surface area contributed by atoms with Crippen molar-refractivity contribution in [2.45, 2.75) is 109 Å². The van der Waals surface area contributed by atoms with Gasteiger partial charge in [0.2, 0.25) is 11.5 Å². The number of piperidine rings is 2. The minimum Gasteiger partial charge on any atom is -0.465 e. The minimum atomic E-state index is -1.96. The summed E-state index contributed by atoms with van der Waals surface area (Å²) in [7, 11) is 0. The standard InChI is InChI=1S/C15H25NO4.C15H25NO3/c1-2-20-14(18)15(19)9-6-10-16(13(15)17)11-12-7-4-3-5-8-12;1-2-19-15(18)13-9-6-10-16(14(13)17)11-12-7-4-3-5-8-12/h12,19H,2-11H2,1H3;12-13H,2-11H2,1H3. The van der Waals surface area contributed by atoms with Crippen LogP contribution in [0.4, 0.5) is 0 Å². The van der Waals surface area contributed by atoms with Crippen LogP contribution in [0.3, 0.4) is 0 Å². The van der Waals surface area contributed by atoms with Crippen LogP contribution in [0.25, 0.3) is 0 Å². The zero-order chi connectivity index (χ0) is 28.3. The predicted molar refractivity (Wildman–Crippen MR) is 146 cm³/mol. The number of rotatable bonds is 8. The normalized spacial score (nSPS) is 27.0. The molecule has 9 nitrogen and oxygen atoms in total. The Balaban J connectivity index is 0.000000216. The van der Waals surface area contributed by atoms with Crippen LogP contribution in [-0.4, -0.2) is 83.7 Å². The molecule has 2 saturated carbocycles. The minimum absolute atomic E-state index is 0.00438. The lowest BCUT2D eigenvalue weighted by Gasteiger charge is -2.38. The number of hydrogen-bond donors (Lipinski definition) is 1. The SMILES string of the molecule is CCOC(=O)C1(O)CCCN(CC2CCCCC2)C1=O.CCOC(=O)C1CCCN(CC2CCCCC2)C1=O. The lowest BCUT2D eigenvalue weighted by Crippen LogP contribution is -2.59. The highest BCUT2D eigenvalue weighted by atomic mass is 16.6. The van der Waals surface area contributed by atoms with Crippen molar-refractivity contribution in [2.75, 3.05) is 39.4 Å². The molecule has 0 bridgehead atoms. The van der Waals surface area contributed by atoms with Gasteiger partial charge in [-0.25, -0.2) is 4.79 Å². The molecule has 2 unspecified atom stereocenters. The van der Waals surface area contributed by atoms with Gasteiger partial charge in [0, 0.05) is 26.2 Å². The summed E-state index contributed by atoms with van der Waals surface area (Å²) in [5.74, 6) is -0.990. The molecule has 2 heterocycles. The summed E-state index contributed by atoms with van der Waals surface area (Å²) < 4.78 is 9.86. The maximum absolute atomic E-state index is 12.4. The molecule has 0 aromatic carbocycles. The van der Waals surface area contributed by atoms with Gasteiger partial charge in [-0.05, 0) is 77.0 Å². The summed E-state index contributed by atoms with van der Waals surface area (Å²) in [5, 5.41) is 10.4. The van der Waals surface area contributed by atoms with Crippen molar-refractivity contribution in [1.29, 1.82) is 0 Å². The fourth-order valence-electron chi connectivity index (χ4n) is 6.56. The molecule has 2 aliphatic heterocycles. The summed E-state index contributed by atoms with van der Waals surface area (Å²) in [4.78, 5) is 51.9. The van der Waals surface area contributed by atoms with E-state index in [4.69, 9.17) is 9.47 Å². The smallest absolute Gasteiger partial charge is 0.348 e. The highest BCUT2D eigenvalue weighted by Crippen LogP contribution is 2.30. The number of amides is 2. The van der Waals surface area contributed by atoms with Crippen LogP contribution in [-0.2, 0) is 28.7 Å². The first-order valence-electron chi connectivity index (χ1n) is 15.4. The molecule has 222 valence electrons. The van der Waals surface area contributed by atoms with Gasteiger partial charge in [-0.3, -0.25) is 14.4 Å². The first-order chi connectivity index (χ1) is 18.8. The lowest BCUT2D eigenvalue weighted by molar-refractivity contribution is -0.181. The number of likely N-dealkylation sites (tertiary alicyclic amines) is 2. The topological polar surface area (TPSA) is 113 Å². The van der Waals surface area contributed by atoms with Crippen LogP contribution in [0.1, 0.15) is 104 Å². The molecule has 2 aliphatic carbocycles. The third-order valence-electron chi connectivity index (χ3n) is 8.73. The van der Waals surface area contributed by atoms with Crippen molar-refractivity contribution in [2.24, 2.45) is 17.8 Å². The molecular formula is C30H50N2O7. The summed E-state index contributed by atoms with van der Waals surface area (Å²) in [6.45, 7) is 6.94. The Hall–Kier alpha value is -2.16. The molecule has 2 saturated heterocycles. The summed E-state index contributed by atoms with van der Waals surface area (Å²) in [5.41, 5.74) is -1.96. The molecule has 2 atom stereocenters. The van der Waals surface area contributed by atoms with E-state index in [9.17, 15) is 24.3 Å². The van der Waals surface area contributed by atoms with Crippen molar-refractivity contribution in [3.63, 3.8) is 0 Å². The zero-order valence-electron chi connectivity index (χ0n) is 24.2. The molecule has 2 amide bonds. The predicted octanol–water partition coefficient (Wildman–Crippen LogP) is 3.85. The van der Waals surface area contributed by atoms with E-state index in [2.05, 4.69) is 0 Å². The van der Waals surface area contributed by atoms with E-state index >= 15 is 0 Å². The van der Waals surface area contributed by atoms with Crippen molar-refractivity contribution in [3.8, 4) is 0 Å². The summed E-state index contributed by atoms with van der Waals surface area (Å²) in [6.07, 6.45) is 14.7. The monoisotopic (exact) mass is 550 g/mol. The van der Waals surface area contributed by atoms with Crippen LogP contribution in [0, 0.1) is 17.8 Å². The Morgan fingerprint density at radius 2 is 1.31 bits per heavy atom. The molecule has 9 heteroatoms. The van der Waals surface area contributed by atoms with Crippen LogP contribution in [0.15, 0.2) is 0 Å². The van der Waals surface area contributed by atoms with Gasteiger partial charge in [-0.1, -0.05) is 38.5 Å². The fourth-order valence-corrected chi connectivity index (χ4v) is 6.56. The second-order valence-corrected chi connectivity index (χ2v) is 11.7. The van der Waals surface area contributed by atoms with Gasteiger partial charge < -0.3 is 24.4 Å². The van der Waals surface area contributed by atoms with Gasteiger partial charge >= 0.3 is 11.9 Å². The molecule has 4 aliphatic rings. The Morgan fingerprint density at radius 1 is 0.769 bits per heavy atom. The van der Waals surface area contributed by atoms with Gasteiger partial charge in [0.15, 0.2) is 0 Å². The number of hydrogen-bond acceptors (Lipinski definition) is 7. The van der Waals surface area contributed by atoms with Gasteiger partial charge in [0.05, 0.1) is 13.2 Å². The van der Waals surface area contributed by atoms with E-state index < -0.39 is 23.4 Å². The largest absolute Gasteiger partial charge is 0.465 e. The van der Waals surface area contributed by atoms with E-state index in [-0.39, 0.29) is 24.9 Å². The number of ether oxygens (including phenoxy) is 2. The Bertz CT molecular complexity index is 822. The molecular weight excluding hydrogens is 500 g/mol. The number of nitrogens with zero attached hydrogens (tertiary/aromatic N) is 2. The Labute approximate surface area is 233 Å². The van der Waals surface area contributed by atoms with Crippen LogP contribution in [0.2, 0.25) is 0 Å². The van der Waals surface area contributed by atoms with Crippen LogP contribution < -0.4 is 0 Å². The van der Waals surface area contributed by atoms with E-state index in [0.29, 0.717) is 44.4 Å². The number of carbonyl (C=O) groups is 4. The zero-order valence-corrected chi connectivity index (χ0v) is 24.2. The highest BCUT2D eigenvalue weighted by molar-refractivity contribution is 6.06. The molecule has 0 radical (unpaired) electrons. The molecule has 1 N–H and O–H groups in total. The van der Waals surface area contributed by atoms with Crippen LogP contribution >= 0.6 is 0 Å². The molecule has 4 fully saturated rings. The Kier molecular flexibility index (Phi) is 12.5. The highest BCUT2D eigenvalue weighted by Gasteiger charge is 2.50. The third-order valence-corrected chi connectivity index (χ3v) is 8.73. The molecule has 0 aromatic rings. The maximum atomic E-state index is 12.4. The second-order valence-electron chi connectivity index (χ2n) is 11.7. The summed E-state index contributed by atoms with van der Waals surface area (Å²) in [6, 6.07) is 0. The van der Waals surface area contributed by atoms with Crippen molar-refractivity contribution in [1.82, 2.24) is 9.80 Å². The third kappa shape index (κ3) is 8.66. The van der Waals surface area contributed by atoms with E-state index in [0.717, 1.165) is 32.4 Å². The number of esters is 2. The molecule has 4 rings (SSSR count). The van der Waals surface area contributed by atoms with Gasteiger partial charge in [0.25, 0.3) is 5.91 Å². The second kappa shape index (κ2) is 15.6. The Morgan fingerprint density at radius 3 is 1.87 bits per heavy atom. The quantitative estimate of drug-likeness (QED) is 0.361. The maximum Gasteiger partial charge on any atom is 0.348 e.